The lowest BCUT2D eigenvalue weighted by atomic mass is 10.0. The molecule has 0 bridgehead atoms. The molecular weight excluding hydrogens is 474 g/mol. The Hall–Kier alpha value is -3.79. The van der Waals surface area contributed by atoms with Crippen molar-refractivity contribution in [3.8, 4) is 0 Å². The third kappa shape index (κ3) is 6.91. The second-order valence-electron chi connectivity index (χ2n) is 9.55. The maximum Gasteiger partial charge on any atom is 0.325 e. The van der Waals surface area contributed by atoms with Crippen LogP contribution in [0.15, 0.2) is 37.0 Å². The number of pyridine rings is 1. The monoisotopic (exact) mass is 509 g/mol. The summed E-state index contributed by atoms with van der Waals surface area (Å²) in [6.45, 7) is 11.1. The topological polar surface area (TPSA) is 130 Å². The second kappa shape index (κ2) is 12.4. The van der Waals surface area contributed by atoms with Gasteiger partial charge in [0.1, 0.15) is 24.2 Å². The maximum absolute atomic E-state index is 13.0. The number of fused-ring (bicyclic) bond motifs is 1. The van der Waals surface area contributed by atoms with E-state index in [1.807, 2.05) is 24.3 Å². The molecule has 10 heteroatoms. The van der Waals surface area contributed by atoms with Crippen molar-refractivity contribution in [3.05, 3.63) is 48.3 Å². The molecule has 4 atom stereocenters. The number of rotatable bonds is 10. The summed E-state index contributed by atoms with van der Waals surface area (Å²) in [7, 11) is 0. The fourth-order valence-corrected chi connectivity index (χ4v) is 4.22. The van der Waals surface area contributed by atoms with Gasteiger partial charge in [-0.15, -0.1) is 0 Å². The van der Waals surface area contributed by atoms with Crippen LogP contribution >= 0.6 is 0 Å². The van der Waals surface area contributed by atoms with Gasteiger partial charge in [-0.2, -0.15) is 0 Å². The number of nitrogens with zero attached hydrogens (tertiary/aromatic N) is 2. The van der Waals surface area contributed by atoms with E-state index < -0.39 is 36.1 Å². The van der Waals surface area contributed by atoms with E-state index in [-0.39, 0.29) is 11.8 Å². The molecule has 2 heterocycles. The zero-order valence-corrected chi connectivity index (χ0v) is 21.7. The third-order valence-corrected chi connectivity index (χ3v) is 6.40. The number of carbonyl (C=O) groups excluding carboxylic acids is 4. The van der Waals surface area contributed by atoms with E-state index in [9.17, 15) is 19.2 Å². The van der Waals surface area contributed by atoms with Crippen LogP contribution in [0.5, 0.6) is 0 Å². The van der Waals surface area contributed by atoms with Crippen molar-refractivity contribution in [2.24, 2.45) is 5.92 Å². The van der Waals surface area contributed by atoms with Crippen molar-refractivity contribution in [3.63, 3.8) is 0 Å². The van der Waals surface area contributed by atoms with Gasteiger partial charge < -0.3 is 15.4 Å². The molecule has 3 rings (SSSR count). The highest BCUT2D eigenvalue weighted by Crippen LogP contribution is 2.24. The molecule has 1 saturated heterocycles. The molecule has 0 spiro atoms. The van der Waals surface area contributed by atoms with Crippen LogP contribution in [0.2, 0.25) is 0 Å². The minimum Gasteiger partial charge on any atom is -0.457 e. The van der Waals surface area contributed by atoms with Gasteiger partial charge in [-0.1, -0.05) is 32.6 Å². The number of esters is 1. The Kier molecular flexibility index (Phi) is 9.35. The van der Waals surface area contributed by atoms with E-state index in [0.29, 0.717) is 25.8 Å². The number of hydrogen-bond acceptors (Lipinski definition) is 7. The maximum atomic E-state index is 13.0. The van der Waals surface area contributed by atoms with Gasteiger partial charge in [-0.25, -0.2) is 5.43 Å². The van der Waals surface area contributed by atoms with Crippen molar-refractivity contribution in [1.29, 1.82) is 0 Å². The molecule has 1 aromatic heterocycles. The Bertz CT molecular complexity index is 1170. The van der Waals surface area contributed by atoms with Gasteiger partial charge in [0, 0.05) is 18.1 Å². The summed E-state index contributed by atoms with van der Waals surface area (Å²) in [6, 6.07) is 5.41. The molecule has 0 radical (unpaired) electrons. The first-order chi connectivity index (χ1) is 17.6. The van der Waals surface area contributed by atoms with Crippen LogP contribution in [0.3, 0.4) is 0 Å². The van der Waals surface area contributed by atoms with E-state index in [1.165, 1.54) is 5.01 Å². The number of hydrazine groups is 1. The van der Waals surface area contributed by atoms with Crippen molar-refractivity contribution >= 4 is 41.0 Å². The Morgan fingerprint density at radius 3 is 2.62 bits per heavy atom. The van der Waals surface area contributed by atoms with E-state index in [2.05, 4.69) is 27.6 Å². The number of hydrogen-bond donors (Lipinski definition) is 3. The van der Waals surface area contributed by atoms with Gasteiger partial charge in [-0.3, -0.25) is 29.2 Å². The van der Waals surface area contributed by atoms with E-state index in [1.54, 1.807) is 40.0 Å². The summed E-state index contributed by atoms with van der Waals surface area (Å²) in [4.78, 5) is 53.5. The highest BCUT2D eigenvalue weighted by atomic mass is 16.5. The molecule has 1 fully saturated rings. The highest BCUT2D eigenvalue weighted by molar-refractivity contribution is 5.90. The molecule has 1 aromatic carbocycles. The average Bonchev–Trinajstić information content (AvgIpc) is 2.90. The largest absolute Gasteiger partial charge is 0.457 e. The van der Waals surface area contributed by atoms with Gasteiger partial charge in [0.15, 0.2) is 0 Å². The Morgan fingerprint density at radius 1 is 1.19 bits per heavy atom. The molecule has 0 saturated carbocycles. The van der Waals surface area contributed by atoms with Gasteiger partial charge in [0.25, 0.3) is 5.91 Å². The van der Waals surface area contributed by atoms with Gasteiger partial charge in [-0.05, 0) is 61.8 Å². The first-order valence-corrected chi connectivity index (χ1v) is 12.4. The van der Waals surface area contributed by atoms with Crippen LogP contribution in [0.1, 0.15) is 57.9 Å². The van der Waals surface area contributed by atoms with Crippen molar-refractivity contribution in [1.82, 2.24) is 26.1 Å². The van der Waals surface area contributed by atoms with Crippen molar-refractivity contribution in [2.75, 3.05) is 6.54 Å². The van der Waals surface area contributed by atoms with E-state index in [4.69, 9.17) is 4.74 Å². The summed E-state index contributed by atoms with van der Waals surface area (Å²) < 4.78 is 5.73. The Labute approximate surface area is 216 Å². The molecule has 2 aromatic rings. The number of nitrogens with one attached hydrogen (secondary N) is 3. The van der Waals surface area contributed by atoms with Gasteiger partial charge >= 0.3 is 5.97 Å². The molecular formula is C27H35N5O5. The van der Waals surface area contributed by atoms with Crippen LogP contribution < -0.4 is 16.1 Å². The molecule has 1 aliphatic rings. The molecule has 37 heavy (non-hydrogen) atoms. The molecule has 1 aliphatic heterocycles. The zero-order valence-electron chi connectivity index (χ0n) is 21.7. The number of ether oxygens (including phenoxy) is 1. The number of carbonyl (C=O) groups is 4. The predicted octanol–water partition coefficient (Wildman–Crippen LogP) is 2.25. The average molecular weight is 510 g/mol. The second-order valence-corrected chi connectivity index (χ2v) is 9.55. The molecule has 0 aliphatic carbocycles. The highest BCUT2D eigenvalue weighted by Gasteiger charge is 2.33. The zero-order chi connectivity index (χ0) is 27.1. The smallest absolute Gasteiger partial charge is 0.325 e. The lowest BCUT2D eigenvalue weighted by Gasteiger charge is -2.35. The van der Waals surface area contributed by atoms with Crippen LogP contribution in [-0.4, -0.2) is 58.9 Å². The molecule has 3 N–H and O–H groups in total. The summed E-state index contributed by atoms with van der Waals surface area (Å²) in [5.74, 6) is -1.44. The normalized spacial score (nSPS) is 18.0. The first-order valence-electron chi connectivity index (χ1n) is 12.4. The SMILES string of the molecule is C=Cc1cc2cc([C@@H](C)OC(=O)C3CCCN(C(=O)C(C)NC(=O)C(NC=O)C(C)C)N3)ccc2cn1. The molecule has 3 unspecified atom stereocenters. The predicted molar refractivity (Wildman–Crippen MR) is 140 cm³/mol. The summed E-state index contributed by atoms with van der Waals surface area (Å²) >= 11 is 0. The van der Waals surface area contributed by atoms with Crippen LogP contribution in [0.4, 0.5) is 0 Å². The van der Waals surface area contributed by atoms with Gasteiger partial charge in [0.2, 0.25) is 12.3 Å². The van der Waals surface area contributed by atoms with E-state index in [0.717, 1.165) is 22.0 Å². The number of amides is 3. The van der Waals surface area contributed by atoms with Crippen LogP contribution in [-0.2, 0) is 23.9 Å². The Morgan fingerprint density at radius 2 is 1.95 bits per heavy atom. The van der Waals surface area contributed by atoms with Gasteiger partial charge in [0.05, 0.1) is 5.69 Å². The lowest BCUT2D eigenvalue weighted by Crippen LogP contribution is -2.60. The fraction of sp³-hybridized carbons (Fsp3) is 0.444. The van der Waals surface area contributed by atoms with Crippen LogP contribution in [0, 0.1) is 5.92 Å². The summed E-state index contributed by atoms with van der Waals surface area (Å²) in [5, 5.41) is 8.41. The third-order valence-electron chi connectivity index (χ3n) is 6.40. The minimum absolute atomic E-state index is 0.148. The van der Waals surface area contributed by atoms with Crippen LogP contribution in [0.25, 0.3) is 16.8 Å². The number of benzene rings is 1. The molecule has 3 amide bonds. The lowest BCUT2D eigenvalue weighted by molar-refractivity contribution is -0.157. The fourth-order valence-electron chi connectivity index (χ4n) is 4.22. The van der Waals surface area contributed by atoms with Crippen molar-refractivity contribution in [2.45, 2.75) is 64.8 Å². The molecule has 10 nitrogen and oxygen atoms in total. The Balaban J connectivity index is 1.60. The quantitative estimate of drug-likeness (QED) is 0.331. The van der Waals surface area contributed by atoms with E-state index >= 15 is 0 Å². The minimum atomic E-state index is -0.851. The summed E-state index contributed by atoms with van der Waals surface area (Å²) in [6.07, 6.45) is 4.53. The number of aromatic nitrogens is 1. The first kappa shape index (κ1) is 27.8. The summed E-state index contributed by atoms with van der Waals surface area (Å²) in [5.41, 5.74) is 4.55. The standard InChI is InChI=1S/C27H35N5O5/c1-6-22-13-21-12-19(9-10-20(21)14-28-22)18(5)37-27(36)23-8-7-11-32(31-23)26(35)17(4)30-25(34)24(16(2)3)29-15-33/h6,9-10,12-18,23-24,31H,1,7-8,11H2,2-5H3,(H,29,33)(H,30,34)/t17?,18-,23?,24?/m1/s1. The van der Waals surface area contributed by atoms with Crippen molar-refractivity contribution < 1.29 is 23.9 Å². The molecule has 198 valence electrons.